The summed E-state index contributed by atoms with van der Waals surface area (Å²) in [4.78, 5) is 8.35. The molecular formula is CH4Cl2NO2P. The van der Waals surface area contributed by atoms with Crippen LogP contribution in [0.25, 0.3) is 0 Å². The summed E-state index contributed by atoms with van der Waals surface area (Å²) in [7, 11) is 1.72. The lowest BCUT2D eigenvalue weighted by atomic mass is 11.7. The maximum Gasteiger partial charge on any atom is 0.231 e. The van der Waals surface area contributed by atoms with Crippen molar-refractivity contribution >= 4 is 40.0 Å². The molecule has 0 fully saturated rings. The van der Waals surface area contributed by atoms with E-state index in [2.05, 4.69) is 0 Å². The van der Waals surface area contributed by atoms with E-state index in [9.17, 15) is 0 Å². The fraction of sp³-hybridized carbons (Fsp3) is 0. The standard InChI is InChI=1S/CHNO.2ClH.HOP/c2-1-3;;;1-2/h2H;2*1H;2H. The van der Waals surface area contributed by atoms with Gasteiger partial charge in [0.1, 0.15) is 9.12 Å². The minimum Gasteiger partial charge on any atom is -0.279 e. The van der Waals surface area contributed by atoms with Gasteiger partial charge in [0.05, 0.1) is 0 Å². The largest absolute Gasteiger partial charge is 0.279 e. The minimum absolute atomic E-state index is 0. The van der Waals surface area contributed by atoms with Crippen molar-refractivity contribution < 1.29 is 9.36 Å². The molecule has 0 rings (SSSR count). The normalized spacial score (nSPS) is 1.71. The van der Waals surface area contributed by atoms with E-state index in [1.54, 1.807) is 9.12 Å². The molecule has 0 saturated heterocycles. The van der Waals surface area contributed by atoms with Crippen LogP contribution in [0.2, 0.25) is 0 Å². The van der Waals surface area contributed by atoms with Gasteiger partial charge in [-0.1, -0.05) is 0 Å². The lowest BCUT2D eigenvalue weighted by Crippen LogP contribution is -1.16. The molecule has 0 aliphatic carbocycles. The zero-order valence-electron chi connectivity index (χ0n) is 3.13. The van der Waals surface area contributed by atoms with Crippen molar-refractivity contribution in [1.82, 2.24) is 0 Å². The monoisotopic (exact) mass is 163 g/mol. The van der Waals surface area contributed by atoms with Crippen molar-refractivity contribution in [3.05, 3.63) is 0 Å². The average Bonchev–Trinajstić information content (AvgIpc) is 1.46. The van der Waals surface area contributed by atoms with E-state index in [0.717, 1.165) is 6.08 Å². The van der Waals surface area contributed by atoms with Crippen LogP contribution in [0.3, 0.4) is 0 Å². The molecule has 1 N–H and O–H groups in total. The van der Waals surface area contributed by atoms with Crippen molar-refractivity contribution in [2.45, 2.75) is 0 Å². The summed E-state index contributed by atoms with van der Waals surface area (Å²) in [5.74, 6) is 0. The Balaban J connectivity index is -0.0000000105. The zero-order valence-corrected chi connectivity index (χ0v) is 5.77. The second-order valence-electron chi connectivity index (χ2n) is 0.102. The van der Waals surface area contributed by atoms with E-state index < -0.39 is 0 Å². The molecule has 0 aromatic heterocycles. The van der Waals surface area contributed by atoms with E-state index in [0.29, 0.717) is 0 Å². The molecule has 0 heterocycles. The fourth-order valence-corrected chi connectivity index (χ4v) is 0. The molecule has 0 aromatic carbocycles. The van der Waals surface area contributed by atoms with E-state index in [1.165, 1.54) is 0 Å². The summed E-state index contributed by atoms with van der Waals surface area (Å²) in [5.41, 5.74) is 0. The van der Waals surface area contributed by atoms with Gasteiger partial charge in [-0.2, -0.15) is 0 Å². The molecule has 6 heteroatoms. The summed E-state index contributed by atoms with van der Waals surface area (Å²) in [6.07, 6.45) is 0.750. The highest BCUT2D eigenvalue weighted by Gasteiger charge is 1.03. The number of nitrogens with one attached hydrogen (secondary N) is 1. The molecular weight excluding hydrogens is 160 g/mol. The molecule has 0 bridgehead atoms. The Morgan fingerprint density at radius 3 is 1.29 bits per heavy atom. The van der Waals surface area contributed by atoms with Crippen LogP contribution in [-0.2, 0) is 9.36 Å². The van der Waals surface area contributed by atoms with Crippen LogP contribution in [0.1, 0.15) is 0 Å². The van der Waals surface area contributed by atoms with Crippen molar-refractivity contribution in [2.75, 3.05) is 0 Å². The first-order valence-electron chi connectivity index (χ1n) is 0.658. The Morgan fingerprint density at radius 2 is 1.29 bits per heavy atom. The third kappa shape index (κ3) is 27700. The van der Waals surface area contributed by atoms with Gasteiger partial charge in [0.25, 0.3) is 0 Å². The van der Waals surface area contributed by atoms with Crippen LogP contribution in [-0.4, -0.2) is 6.08 Å². The van der Waals surface area contributed by atoms with Crippen LogP contribution < -0.4 is 0 Å². The quantitative estimate of drug-likeness (QED) is 0.332. The molecule has 0 aromatic rings. The molecule has 0 aliphatic rings. The van der Waals surface area contributed by atoms with E-state index in [-0.39, 0.29) is 24.8 Å². The molecule has 0 saturated carbocycles. The number of halogens is 2. The Hall–Kier alpha value is 0.0600. The van der Waals surface area contributed by atoms with Gasteiger partial charge < -0.3 is 0 Å². The van der Waals surface area contributed by atoms with E-state index >= 15 is 0 Å². The summed E-state index contributed by atoms with van der Waals surface area (Å²) in [5, 5.41) is 5.40. The topological polar surface area (TPSA) is 58.0 Å². The fourth-order valence-electron chi connectivity index (χ4n) is 0. The Kier molecular flexibility index (Phi) is 546. The Bertz CT molecular complexity index is 45.0. The van der Waals surface area contributed by atoms with Crippen molar-refractivity contribution in [3.8, 4) is 0 Å². The number of isocyanates is 1. The highest BCUT2D eigenvalue weighted by Crippen LogP contribution is 1.23. The van der Waals surface area contributed by atoms with Gasteiger partial charge in [-0.25, -0.2) is 10.2 Å². The number of hydrogen-bond donors (Lipinski definition) is 1. The van der Waals surface area contributed by atoms with Gasteiger partial charge >= 0.3 is 0 Å². The minimum atomic E-state index is 0. The van der Waals surface area contributed by atoms with Crippen LogP contribution in [0.15, 0.2) is 0 Å². The Labute approximate surface area is 55.4 Å². The Morgan fingerprint density at radius 1 is 1.29 bits per heavy atom. The summed E-state index contributed by atoms with van der Waals surface area (Å²) < 4.78 is 8.06. The molecule has 0 atom stereocenters. The third-order valence-corrected chi connectivity index (χ3v) is 0. The molecule has 7 heavy (non-hydrogen) atoms. The predicted octanol–water partition coefficient (Wildman–Crippen LogP) is 1.22. The summed E-state index contributed by atoms with van der Waals surface area (Å²) in [6.45, 7) is 0. The number of rotatable bonds is 0. The average molecular weight is 164 g/mol. The highest BCUT2D eigenvalue weighted by atomic mass is 35.5. The zero-order chi connectivity index (χ0) is 4.71. The number of carbonyl (C=O) groups excluding carboxylic acids is 1. The second kappa shape index (κ2) is 138. The molecule has 0 amide bonds. The first-order valence-corrected chi connectivity index (χ1v) is 1.07. The van der Waals surface area contributed by atoms with Gasteiger partial charge in [0, 0.05) is 0 Å². The van der Waals surface area contributed by atoms with Crippen LogP contribution in [0.5, 0.6) is 0 Å². The van der Waals surface area contributed by atoms with E-state index in [4.69, 9.17) is 14.8 Å². The smallest absolute Gasteiger partial charge is 0.231 e. The molecule has 0 unspecified atom stereocenters. The maximum atomic E-state index is 8.35. The number of hydrogen-bond acceptors (Lipinski definition) is 3. The van der Waals surface area contributed by atoms with Gasteiger partial charge in [-0.3, -0.25) is 4.57 Å². The van der Waals surface area contributed by atoms with Crippen molar-refractivity contribution in [1.29, 1.82) is 5.41 Å². The van der Waals surface area contributed by atoms with Crippen molar-refractivity contribution in [3.63, 3.8) is 0 Å². The first-order chi connectivity index (χ1) is 2.41. The second-order valence-corrected chi connectivity index (χ2v) is 0.102. The summed E-state index contributed by atoms with van der Waals surface area (Å²) >= 11 is 0. The van der Waals surface area contributed by atoms with Gasteiger partial charge in [0.15, 0.2) is 0 Å². The van der Waals surface area contributed by atoms with E-state index in [1.807, 2.05) is 0 Å². The molecule has 0 spiro atoms. The molecule has 0 aliphatic heterocycles. The predicted molar refractivity (Wildman–Crippen MR) is 31.9 cm³/mol. The van der Waals surface area contributed by atoms with Crippen LogP contribution in [0.4, 0.5) is 0 Å². The SMILES string of the molecule is Cl.Cl.N=C=O.O=P. The van der Waals surface area contributed by atoms with Crippen LogP contribution >= 0.6 is 33.9 Å². The summed E-state index contributed by atoms with van der Waals surface area (Å²) in [6, 6.07) is 0. The van der Waals surface area contributed by atoms with Crippen molar-refractivity contribution in [2.24, 2.45) is 0 Å². The first kappa shape index (κ1) is 27.7. The van der Waals surface area contributed by atoms with Gasteiger partial charge in [-0.05, 0) is 0 Å². The lowest BCUT2D eigenvalue weighted by molar-refractivity contribution is 0.562. The lowest BCUT2D eigenvalue weighted by Gasteiger charge is -1.02. The third-order valence-electron chi connectivity index (χ3n) is 0. The van der Waals surface area contributed by atoms with Gasteiger partial charge in [-0.15, -0.1) is 24.8 Å². The van der Waals surface area contributed by atoms with Gasteiger partial charge in [0.2, 0.25) is 6.08 Å². The molecule has 3 nitrogen and oxygen atoms in total. The molecule has 0 radical (unpaired) electrons. The highest BCUT2D eigenvalue weighted by molar-refractivity contribution is 7.00. The maximum absolute atomic E-state index is 8.35. The molecule has 44 valence electrons. The van der Waals surface area contributed by atoms with Crippen LogP contribution in [0, 0.1) is 5.41 Å².